The van der Waals surface area contributed by atoms with Crippen LogP contribution >= 0.6 is 0 Å². The third kappa shape index (κ3) is 4.26. The molecule has 1 heterocycles. The minimum absolute atomic E-state index is 0.382. The van der Waals surface area contributed by atoms with E-state index >= 15 is 0 Å². The molecule has 0 saturated carbocycles. The first-order valence-corrected chi connectivity index (χ1v) is 8.76. The molecule has 1 N–H and O–H groups in total. The van der Waals surface area contributed by atoms with Crippen LogP contribution in [-0.2, 0) is 14.8 Å². The summed E-state index contributed by atoms with van der Waals surface area (Å²) in [4.78, 5) is 2.59. The van der Waals surface area contributed by atoms with Gasteiger partial charge in [0.15, 0.2) is 0 Å². The van der Waals surface area contributed by atoms with Crippen molar-refractivity contribution >= 4 is 10.0 Å². The molecule has 2 rings (SSSR count). The van der Waals surface area contributed by atoms with E-state index in [1.165, 1.54) is 0 Å². The summed E-state index contributed by atoms with van der Waals surface area (Å²) in [5.74, 6) is 0. The van der Waals surface area contributed by atoms with E-state index in [1.807, 2.05) is 26.8 Å². The molecule has 6 heteroatoms. The zero-order valence-electron chi connectivity index (χ0n) is 13.0. The van der Waals surface area contributed by atoms with Crippen molar-refractivity contribution in [3.63, 3.8) is 0 Å². The monoisotopic (exact) mass is 312 g/mol. The SMILES string of the molecule is Cc1cc(C)c(S(=O)(=O)NCCN2CCOCC2)cc1C. The minimum atomic E-state index is -3.44. The lowest BCUT2D eigenvalue weighted by Gasteiger charge is -2.26. The van der Waals surface area contributed by atoms with Gasteiger partial charge in [0.2, 0.25) is 10.0 Å². The van der Waals surface area contributed by atoms with Crippen molar-refractivity contribution in [2.75, 3.05) is 39.4 Å². The number of nitrogens with zero attached hydrogens (tertiary/aromatic N) is 1. The van der Waals surface area contributed by atoms with Crippen LogP contribution in [0.2, 0.25) is 0 Å². The number of rotatable bonds is 5. The van der Waals surface area contributed by atoms with Crippen LogP contribution in [0, 0.1) is 20.8 Å². The summed E-state index contributed by atoms with van der Waals surface area (Å²) >= 11 is 0. The topological polar surface area (TPSA) is 58.6 Å². The number of hydrogen-bond donors (Lipinski definition) is 1. The van der Waals surface area contributed by atoms with Gasteiger partial charge in [-0.1, -0.05) is 6.07 Å². The van der Waals surface area contributed by atoms with Gasteiger partial charge in [-0.3, -0.25) is 4.90 Å². The number of morpholine rings is 1. The molecule has 0 spiro atoms. The van der Waals surface area contributed by atoms with Gasteiger partial charge < -0.3 is 4.74 Å². The van der Waals surface area contributed by atoms with Crippen molar-refractivity contribution in [3.05, 3.63) is 28.8 Å². The highest BCUT2D eigenvalue weighted by Gasteiger charge is 2.18. The highest BCUT2D eigenvalue weighted by atomic mass is 32.2. The molecule has 1 aliphatic rings. The molecule has 0 aromatic heterocycles. The van der Waals surface area contributed by atoms with Crippen LogP contribution in [0.15, 0.2) is 17.0 Å². The molecule has 0 radical (unpaired) electrons. The molecule has 21 heavy (non-hydrogen) atoms. The molecule has 1 saturated heterocycles. The van der Waals surface area contributed by atoms with Crippen molar-refractivity contribution in [2.45, 2.75) is 25.7 Å². The van der Waals surface area contributed by atoms with Crippen molar-refractivity contribution < 1.29 is 13.2 Å². The highest BCUT2D eigenvalue weighted by molar-refractivity contribution is 7.89. The molecule has 1 aliphatic heterocycles. The Morgan fingerprint density at radius 3 is 2.38 bits per heavy atom. The maximum absolute atomic E-state index is 12.4. The van der Waals surface area contributed by atoms with Crippen LogP contribution in [-0.4, -0.2) is 52.7 Å². The third-order valence-electron chi connectivity index (χ3n) is 3.90. The normalized spacial score (nSPS) is 17.1. The average molecular weight is 312 g/mol. The standard InChI is InChI=1S/C15H24N2O3S/c1-12-10-14(3)15(11-13(12)2)21(18,19)16-4-5-17-6-8-20-9-7-17/h10-11,16H,4-9H2,1-3H3. The van der Waals surface area contributed by atoms with E-state index in [1.54, 1.807) is 6.07 Å². The molecule has 5 nitrogen and oxygen atoms in total. The Hall–Kier alpha value is -0.950. The van der Waals surface area contributed by atoms with Gasteiger partial charge in [-0.05, 0) is 43.5 Å². The lowest BCUT2D eigenvalue weighted by molar-refractivity contribution is 0.0390. The second kappa shape index (κ2) is 6.87. The predicted octanol–water partition coefficient (Wildman–Crippen LogP) is 1.22. The molecule has 1 aromatic carbocycles. The van der Waals surface area contributed by atoms with E-state index in [0.29, 0.717) is 18.0 Å². The Balaban J connectivity index is 1.99. The van der Waals surface area contributed by atoms with Gasteiger partial charge in [0.25, 0.3) is 0 Å². The van der Waals surface area contributed by atoms with E-state index in [2.05, 4.69) is 9.62 Å². The summed E-state index contributed by atoms with van der Waals surface area (Å²) in [6.45, 7) is 10.1. The molecular formula is C15H24N2O3S. The fourth-order valence-corrected chi connectivity index (χ4v) is 3.79. The first kappa shape index (κ1) is 16.4. The van der Waals surface area contributed by atoms with Crippen molar-refractivity contribution in [3.8, 4) is 0 Å². The number of ether oxygens (including phenoxy) is 1. The first-order chi connectivity index (χ1) is 9.90. The Bertz CT molecular complexity index is 593. The highest BCUT2D eigenvalue weighted by Crippen LogP contribution is 2.19. The van der Waals surface area contributed by atoms with Crippen LogP contribution < -0.4 is 4.72 Å². The molecule has 0 amide bonds. The lowest BCUT2D eigenvalue weighted by Crippen LogP contribution is -2.41. The number of sulfonamides is 1. The molecule has 0 aliphatic carbocycles. The number of aryl methyl sites for hydroxylation is 3. The second-order valence-electron chi connectivity index (χ2n) is 5.55. The van der Waals surface area contributed by atoms with Crippen LogP contribution in [0.3, 0.4) is 0 Å². The second-order valence-corrected chi connectivity index (χ2v) is 7.29. The van der Waals surface area contributed by atoms with Gasteiger partial charge in [-0.15, -0.1) is 0 Å². The van der Waals surface area contributed by atoms with E-state index in [4.69, 9.17) is 4.74 Å². The zero-order valence-corrected chi connectivity index (χ0v) is 13.8. The van der Waals surface area contributed by atoms with Crippen molar-refractivity contribution in [2.24, 2.45) is 0 Å². The van der Waals surface area contributed by atoms with Gasteiger partial charge in [0.05, 0.1) is 18.1 Å². The van der Waals surface area contributed by atoms with Gasteiger partial charge in [0.1, 0.15) is 0 Å². The molecule has 1 aromatic rings. The van der Waals surface area contributed by atoms with E-state index in [9.17, 15) is 8.42 Å². The fraction of sp³-hybridized carbons (Fsp3) is 0.600. The van der Waals surface area contributed by atoms with Gasteiger partial charge in [-0.2, -0.15) is 0 Å². The molecule has 0 unspecified atom stereocenters. The van der Waals surface area contributed by atoms with Crippen LogP contribution in [0.4, 0.5) is 0 Å². The fourth-order valence-electron chi connectivity index (χ4n) is 2.46. The smallest absolute Gasteiger partial charge is 0.240 e. The van der Waals surface area contributed by atoms with E-state index < -0.39 is 10.0 Å². The maximum Gasteiger partial charge on any atom is 0.240 e. The molecule has 1 fully saturated rings. The van der Waals surface area contributed by atoms with E-state index in [0.717, 1.165) is 43.0 Å². The Morgan fingerprint density at radius 2 is 1.71 bits per heavy atom. The summed E-state index contributed by atoms with van der Waals surface area (Å²) in [6, 6.07) is 3.67. The van der Waals surface area contributed by atoms with Crippen molar-refractivity contribution in [1.29, 1.82) is 0 Å². The zero-order chi connectivity index (χ0) is 15.5. The van der Waals surface area contributed by atoms with Crippen LogP contribution in [0.5, 0.6) is 0 Å². The minimum Gasteiger partial charge on any atom is -0.379 e. The summed E-state index contributed by atoms with van der Waals surface area (Å²) in [6.07, 6.45) is 0. The van der Waals surface area contributed by atoms with Gasteiger partial charge in [0, 0.05) is 26.2 Å². The molecule has 0 atom stereocenters. The summed E-state index contributed by atoms with van der Waals surface area (Å²) in [5.41, 5.74) is 2.89. The average Bonchev–Trinajstić information content (AvgIpc) is 2.43. The predicted molar refractivity (Wildman–Crippen MR) is 83.1 cm³/mol. The number of benzene rings is 1. The summed E-state index contributed by atoms with van der Waals surface area (Å²) in [5, 5.41) is 0. The maximum atomic E-state index is 12.4. The number of hydrogen-bond acceptors (Lipinski definition) is 4. The third-order valence-corrected chi connectivity index (χ3v) is 5.51. The largest absolute Gasteiger partial charge is 0.379 e. The molecule has 118 valence electrons. The number of nitrogens with one attached hydrogen (secondary N) is 1. The first-order valence-electron chi connectivity index (χ1n) is 7.28. The van der Waals surface area contributed by atoms with Crippen LogP contribution in [0.25, 0.3) is 0 Å². The van der Waals surface area contributed by atoms with E-state index in [-0.39, 0.29) is 0 Å². The lowest BCUT2D eigenvalue weighted by atomic mass is 10.1. The Morgan fingerprint density at radius 1 is 1.10 bits per heavy atom. The van der Waals surface area contributed by atoms with Gasteiger partial charge >= 0.3 is 0 Å². The summed E-state index contributed by atoms with van der Waals surface area (Å²) < 4.78 is 32.8. The Kier molecular flexibility index (Phi) is 5.37. The molecule has 0 bridgehead atoms. The van der Waals surface area contributed by atoms with Crippen LogP contribution in [0.1, 0.15) is 16.7 Å². The van der Waals surface area contributed by atoms with Gasteiger partial charge in [-0.25, -0.2) is 13.1 Å². The Labute approximate surface area is 127 Å². The van der Waals surface area contributed by atoms with Crippen molar-refractivity contribution in [1.82, 2.24) is 9.62 Å². The summed E-state index contributed by atoms with van der Waals surface area (Å²) in [7, 11) is -3.44. The molecular weight excluding hydrogens is 288 g/mol. The quantitative estimate of drug-likeness (QED) is 0.888.